The second kappa shape index (κ2) is 11.1. The predicted octanol–water partition coefficient (Wildman–Crippen LogP) is 7.50. The van der Waals surface area contributed by atoms with E-state index in [2.05, 4.69) is 0 Å². The predicted molar refractivity (Wildman–Crippen MR) is 155 cm³/mol. The monoisotopic (exact) mass is 588 g/mol. The molecule has 1 unspecified atom stereocenters. The minimum Gasteiger partial charge on any atom is -0.309 e. The van der Waals surface area contributed by atoms with E-state index in [1.807, 2.05) is 0 Å². The van der Waals surface area contributed by atoms with E-state index in [4.69, 9.17) is 0 Å². The summed E-state index contributed by atoms with van der Waals surface area (Å²) in [6, 6.07) is 28.9. The summed E-state index contributed by atoms with van der Waals surface area (Å²) >= 11 is 0. The minimum atomic E-state index is -4.52. The number of alkyl halides is 3. The molecule has 0 N–H and O–H groups in total. The maximum absolute atomic E-state index is 15.3. The molecule has 0 radical (unpaired) electrons. The van der Waals surface area contributed by atoms with Crippen LogP contribution in [0.3, 0.4) is 0 Å². The highest BCUT2D eigenvalue weighted by Crippen LogP contribution is 2.47. The fraction of sp³-hybridized carbons (Fsp3) is 0.0323. The molecule has 0 amide bonds. The highest BCUT2D eigenvalue weighted by Gasteiger charge is 2.34. The number of hydrogen-bond acceptors (Lipinski definition) is 5. The Balaban J connectivity index is 1.81. The summed E-state index contributed by atoms with van der Waals surface area (Å²) < 4.78 is 54.8. The molecule has 0 heterocycles. The first-order valence-electron chi connectivity index (χ1n) is 12.5. The van der Waals surface area contributed by atoms with Crippen LogP contribution in [0.25, 0.3) is 22.3 Å². The highest BCUT2D eigenvalue weighted by molar-refractivity contribution is 7.85. The molecular formula is C31H20F3N2O5P. The van der Waals surface area contributed by atoms with Crippen LogP contribution in [-0.2, 0) is 10.7 Å². The van der Waals surface area contributed by atoms with Gasteiger partial charge in [0.15, 0.2) is 7.14 Å². The second-order valence-corrected chi connectivity index (χ2v) is 12.1. The van der Waals surface area contributed by atoms with E-state index in [9.17, 15) is 33.4 Å². The quantitative estimate of drug-likeness (QED) is 0.111. The maximum Gasteiger partial charge on any atom is 0.416 e. The number of benzene rings is 5. The van der Waals surface area contributed by atoms with Crippen molar-refractivity contribution in [2.75, 3.05) is 0 Å². The van der Waals surface area contributed by atoms with Gasteiger partial charge in [0.2, 0.25) is 0 Å². The fourth-order valence-corrected chi connectivity index (χ4v) is 7.60. The van der Waals surface area contributed by atoms with Crippen LogP contribution < -0.4 is 15.9 Å². The average molecular weight is 588 g/mol. The molecule has 0 saturated carbocycles. The molecule has 0 aliphatic heterocycles. The Hall–Kier alpha value is -5.08. The molecule has 0 spiro atoms. The van der Waals surface area contributed by atoms with Gasteiger partial charge in [0.25, 0.3) is 11.4 Å². The van der Waals surface area contributed by atoms with E-state index >= 15 is 4.57 Å². The molecule has 0 aliphatic carbocycles. The summed E-state index contributed by atoms with van der Waals surface area (Å²) in [5.41, 5.74) is 0.286. The smallest absolute Gasteiger partial charge is 0.309 e. The topological polar surface area (TPSA) is 103 Å². The van der Waals surface area contributed by atoms with Crippen LogP contribution in [0.2, 0.25) is 0 Å². The van der Waals surface area contributed by atoms with Crippen LogP contribution in [0.1, 0.15) is 5.56 Å². The summed E-state index contributed by atoms with van der Waals surface area (Å²) in [5, 5.41) is 24.0. The lowest BCUT2D eigenvalue weighted by atomic mass is 9.98. The van der Waals surface area contributed by atoms with E-state index in [1.54, 1.807) is 54.6 Å². The van der Waals surface area contributed by atoms with E-state index in [0.29, 0.717) is 27.6 Å². The molecule has 0 aromatic heterocycles. The largest absolute Gasteiger partial charge is 0.416 e. The standard InChI is InChI=1S/C31H20F3N2O5P/c32-31(33,34)24-15-12-21(13-16-24)22-14-17-30(29(19-22)23-6-4-7-25(18-23)35(37)38)42(41,27-9-2-1-3-10-27)28-11-5-8-26(20-28)36(39)40/h1-20H. The van der Waals surface area contributed by atoms with E-state index < -0.39 is 28.7 Å². The van der Waals surface area contributed by atoms with Gasteiger partial charge in [0, 0.05) is 40.2 Å². The van der Waals surface area contributed by atoms with Crippen LogP contribution in [0.5, 0.6) is 0 Å². The molecule has 0 aliphatic rings. The Morgan fingerprint density at radius 1 is 0.571 bits per heavy atom. The first-order valence-corrected chi connectivity index (χ1v) is 14.2. The van der Waals surface area contributed by atoms with Gasteiger partial charge in [0.05, 0.1) is 15.4 Å². The normalized spacial score (nSPS) is 12.8. The van der Waals surface area contributed by atoms with Crippen LogP contribution in [-0.4, -0.2) is 9.85 Å². The molecule has 11 heteroatoms. The van der Waals surface area contributed by atoms with Crippen molar-refractivity contribution in [1.82, 2.24) is 0 Å². The third kappa shape index (κ3) is 5.44. The van der Waals surface area contributed by atoms with Gasteiger partial charge in [-0.15, -0.1) is 0 Å². The lowest BCUT2D eigenvalue weighted by molar-refractivity contribution is -0.385. The second-order valence-electron chi connectivity index (χ2n) is 9.34. The SMILES string of the molecule is O=[N+]([O-])c1cccc(-c2cc(-c3ccc(C(F)(F)F)cc3)ccc2P(=O)(c2ccccc2)c2cccc([N+](=O)[O-])c2)c1. The fourth-order valence-electron chi connectivity index (χ4n) is 4.73. The van der Waals surface area contributed by atoms with Crippen molar-refractivity contribution >= 4 is 34.4 Å². The van der Waals surface area contributed by atoms with Crippen molar-refractivity contribution in [3.8, 4) is 22.3 Å². The molecule has 5 rings (SSSR count). The first kappa shape index (κ1) is 28.4. The maximum atomic E-state index is 15.3. The number of nitro groups is 2. The van der Waals surface area contributed by atoms with Gasteiger partial charge in [-0.05, 0) is 46.5 Å². The Morgan fingerprint density at radius 3 is 1.76 bits per heavy atom. The summed E-state index contributed by atoms with van der Waals surface area (Å²) in [5.74, 6) is 0. The van der Waals surface area contributed by atoms with Crippen molar-refractivity contribution in [3.63, 3.8) is 0 Å². The lowest BCUT2D eigenvalue weighted by Gasteiger charge is -2.23. The van der Waals surface area contributed by atoms with Crippen LogP contribution in [0.15, 0.2) is 121 Å². The van der Waals surface area contributed by atoms with E-state index in [0.717, 1.165) is 12.1 Å². The molecule has 5 aromatic rings. The minimum absolute atomic E-state index is 0.178. The van der Waals surface area contributed by atoms with Crippen LogP contribution >= 0.6 is 7.14 Å². The third-order valence-corrected chi connectivity index (χ3v) is 9.87. The van der Waals surface area contributed by atoms with Gasteiger partial charge >= 0.3 is 6.18 Å². The number of non-ortho nitro benzene ring substituents is 2. The Kier molecular flexibility index (Phi) is 7.49. The molecule has 0 fully saturated rings. The molecule has 0 saturated heterocycles. The van der Waals surface area contributed by atoms with E-state index in [1.165, 1.54) is 54.6 Å². The van der Waals surface area contributed by atoms with Crippen molar-refractivity contribution in [2.24, 2.45) is 0 Å². The number of halogens is 3. The van der Waals surface area contributed by atoms with Crippen LogP contribution in [0, 0.1) is 20.2 Å². The Bertz CT molecular complexity index is 1860. The lowest BCUT2D eigenvalue weighted by Crippen LogP contribution is -2.26. The average Bonchev–Trinajstić information content (AvgIpc) is 3.00. The van der Waals surface area contributed by atoms with Gasteiger partial charge < -0.3 is 4.57 Å². The molecule has 7 nitrogen and oxygen atoms in total. The summed E-state index contributed by atoms with van der Waals surface area (Å²) in [4.78, 5) is 22.1. The summed E-state index contributed by atoms with van der Waals surface area (Å²) in [6.45, 7) is 0. The zero-order chi connectivity index (χ0) is 30.1. The number of hydrogen-bond donors (Lipinski definition) is 0. The van der Waals surface area contributed by atoms with Gasteiger partial charge in [-0.3, -0.25) is 20.2 Å². The number of nitrogens with zero attached hydrogens (tertiary/aromatic N) is 2. The molecule has 42 heavy (non-hydrogen) atoms. The van der Waals surface area contributed by atoms with Gasteiger partial charge in [-0.25, -0.2) is 0 Å². The molecule has 210 valence electrons. The third-order valence-electron chi connectivity index (χ3n) is 6.77. The van der Waals surface area contributed by atoms with E-state index in [-0.39, 0.29) is 22.0 Å². The summed E-state index contributed by atoms with van der Waals surface area (Å²) in [7, 11) is -3.85. The Labute approximate surface area is 237 Å². The zero-order valence-corrected chi connectivity index (χ0v) is 22.5. The highest BCUT2D eigenvalue weighted by atomic mass is 31.2. The van der Waals surface area contributed by atoms with Gasteiger partial charge in [-0.2, -0.15) is 13.2 Å². The van der Waals surface area contributed by atoms with Crippen molar-refractivity contribution in [1.29, 1.82) is 0 Å². The molecule has 5 aromatic carbocycles. The molecular weight excluding hydrogens is 568 g/mol. The summed E-state index contributed by atoms with van der Waals surface area (Å²) in [6.07, 6.45) is -4.52. The van der Waals surface area contributed by atoms with Crippen LogP contribution in [0.4, 0.5) is 24.5 Å². The van der Waals surface area contributed by atoms with Gasteiger partial charge in [-0.1, -0.05) is 72.8 Å². The number of rotatable bonds is 7. The van der Waals surface area contributed by atoms with Crippen molar-refractivity contribution in [2.45, 2.75) is 6.18 Å². The van der Waals surface area contributed by atoms with Crippen molar-refractivity contribution in [3.05, 3.63) is 147 Å². The molecule has 0 bridgehead atoms. The molecule has 1 atom stereocenters. The number of nitro benzene ring substituents is 2. The van der Waals surface area contributed by atoms with Gasteiger partial charge in [0.1, 0.15) is 0 Å². The zero-order valence-electron chi connectivity index (χ0n) is 21.6. The van der Waals surface area contributed by atoms with Crippen molar-refractivity contribution < 1.29 is 27.6 Å². The Morgan fingerprint density at radius 2 is 1.14 bits per heavy atom. The first-order chi connectivity index (χ1) is 20.0.